The van der Waals surface area contributed by atoms with Crippen LogP contribution in [0.1, 0.15) is 25.0 Å². The summed E-state index contributed by atoms with van der Waals surface area (Å²) in [5, 5.41) is 19.3. The average Bonchev–Trinajstić information content (AvgIpc) is 2.47. The van der Waals surface area contributed by atoms with Crippen LogP contribution in [0.5, 0.6) is 0 Å². The molecule has 0 bridgehead atoms. The first-order valence-electron chi connectivity index (χ1n) is 6.54. The molecule has 0 saturated carbocycles. The summed E-state index contributed by atoms with van der Waals surface area (Å²) in [7, 11) is 0. The van der Waals surface area contributed by atoms with Crippen LogP contribution in [0, 0.1) is 5.92 Å². The summed E-state index contributed by atoms with van der Waals surface area (Å²) in [6.45, 7) is 3.92. The van der Waals surface area contributed by atoms with E-state index in [2.05, 4.69) is 6.92 Å². The Morgan fingerprint density at radius 1 is 0.789 bits per heavy atom. The van der Waals surface area contributed by atoms with Crippen LogP contribution in [-0.2, 0) is 5.41 Å². The molecule has 0 heterocycles. The number of aliphatic hydroxyl groups excluding tert-OH is 1. The summed E-state index contributed by atoms with van der Waals surface area (Å²) >= 11 is 0. The Balaban J connectivity index is 2.57. The Bertz CT molecular complexity index is 466. The van der Waals surface area contributed by atoms with Gasteiger partial charge in [0.25, 0.3) is 0 Å². The highest BCUT2D eigenvalue weighted by Crippen LogP contribution is 2.39. The first-order valence-corrected chi connectivity index (χ1v) is 6.54. The van der Waals surface area contributed by atoms with E-state index in [1.54, 1.807) is 0 Å². The minimum atomic E-state index is -1.36. The predicted octanol–water partition coefficient (Wildman–Crippen LogP) is 2.94. The highest BCUT2D eigenvalue weighted by molar-refractivity contribution is 5.39. The van der Waals surface area contributed by atoms with Crippen LogP contribution in [0.25, 0.3) is 0 Å². The fraction of sp³-hybridized carbons (Fsp3) is 0.294. The smallest absolute Gasteiger partial charge is 0.155 e. The Hall–Kier alpha value is -1.64. The third kappa shape index (κ3) is 2.55. The van der Waals surface area contributed by atoms with Gasteiger partial charge in [0.15, 0.2) is 6.29 Å². The van der Waals surface area contributed by atoms with E-state index in [0.717, 1.165) is 11.1 Å². The van der Waals surface area contributed by atoms with Crippen molar-refractivity contribution in [3.63, 3.8) is 0 Å². The van der Waals surface area contributed by atoms with Gasteiger partial charge in [-0.05, 0) is 11.1 Å². The Labute approximate surface area is 114 Å². The lowest BCUT2D eigenvalue weighted by molar-refractivity contribution is -0.0938. The molecule has 0 aliphatic rings. The zero-order valence-electron chi connectivity index (χ0n) is 11.3. The van der Waals surface area contributed by atoms with Crippen LogP contribution in [0.3, 0.4) is 0 Å². The third-order valence-corrected chi connectivity index (χ3v) is 4.10. The molecule has 0 saturated heterocycles. The molecule has 19 heavy (non-hydrogen) atoms. The Morgan fingerprint density at radius 3 is 1.47 bits per heavy atom. The summed E-state index contributed by atoms with van der Waals surface area (Å²) in [5.41, 5.74) is 1.74. The molecule has 2 heteroatoms. The van der Waals surface area contributed by atoms with E-state index in [-0.39, 0.29) is 5.92 Å². The maximum absolute atomic E-state index is 9.63. The maximum atomic E-state index is 9.63. The van der Waals surface area contributed by atoms with Crippen LogP contribution >= 0.6 is 0 Å². The van der Waals surface area contributed by atoms with Gasteiger partial charge in [-0.15, -0.1) is 0 Å². The molecular weight excluding hydrogens is 236 g/mol. The zero-order chi connectivity index (χ0) is 13.9. The van der Waals surface area contributed by atoms with Crippen LogP contribution in [0.4, 0.5) is 0 Å². The van der Waals surface area contributed by atoms with Crippen molar-refractivity contribution in [1.29, 1.82) is 0 Å². The van der Waals surface area contributed by atoms with Gasteiger partial charge in [-0.2, -0.15) is 0 Å². The fourth-order valence-electron chi connectivity index (χ4n) is 2.56. The molecule has 0 aromatic heterocycles. The van der Waals surface area contributed by atoms with E-state index in [1.165, 1.54) is 0 Å². The second-order valence-corrected chi connectivity index (χ2v) is 5.14. The highest BCUT2D eigenvalue weighted by atomic mass is 16.5. The monoisotopic (exact) mass is 256 g/mol. The first-order chi connectivity index (χ1) is 9.06. The van der Waals surface area contributed by atoms with Crippen molar-refractivity contribution in [2.75, 3.05) is 0 Å². The van der Waals surface area contributed by atoms with Crippen molar-refractivity contribution in [3.8, 4) is 0 Å². The molecule has 2 aromatic carbocycles. The molecule has 2 aromatic rings. The summed E-state index contributed by atoms with van der Waals surface area (Å²) in [6, 6.07) is 20.0. The second-order valence-electron chi connectivity index (χ2n) is 5.14. The van der Waals surface area contributed by atoms with Crippen LogP contribution < -0.4 is 0 Å². The molecule has 0 aliphatic heterocycles. The van der Waals surface area contributed by atoms with Gasteiger partial charge < -0.3 is 10.2 Å². The quantitative estimate of drug-likeness (QED) is 0.826. The van der Waals surface area contributed by atoms with Crippen molar-refractivity contribution in [2.45, 2.75) is 25.6 Å². The van der Waals surface area contributed by atoms with Gasteiger partial charge in [0, 0.05) is 11.3 Å². The van der Waals surface area contributed by atoms with E-state index < -0.39 is 11.7 Å². The van der Waals surface area contributed by atoms with Crippen molar-refractivity contribution >= 4 is 0 Å². The number of aliphatic hydroxyl groups is 2. The van der Waals surface area contributed by atoms with E-state index in [9.17, 15) is 10.2 Å². The molecule has 1 unspecified atom stereocenters. The van der Waals surface area contributed by atoms with Crippen LogP contribution in [-0.4, -0.2) is 16.5 Å². The third-order valence-electron chi connectivity index (χ3n) is 4.10. The Kier molecular flexibility index (Phi) is 4.03. The van der Waals surface area contributed by atoms with Crippen molar-refractivity contribution in [2.24, 2.45) is 5.92 Å². The van der Waals surface area contributed by atoms with Gasteiger partial charge in [0.2, 0.25) is 0 Å². The number of benzene rings is 2. The van der Waals surface area contributed by atoms with Crippen LogP contribution in [0.2, 0.25) is 0 Å². The number of rotatable bonds is 4. The van der Waals surface area contributed by atoms with E-state index in [4.69, 9.17) is 0 Å². The molecule has 0 aliphatic carbocycles. The lowest BCUT2D eigenvalue weighted by Crippen LogP contribution is -2.38. The van der Waals surface area contributed by atoms with Gasteiger partial charge >= 0.3 is 0 Å². The van der Waals surface area contributed by atoms with Crippen molar-refractivity contribution < 1.29 is 10.2 Å². The van der Waals surface area contributed by atoms with E-state index >= 15 is 0 Å². The molecule has 100 valence electrons. The molecule has 0 radical (unpaired) electrons. The minimum absolute atomic E-state index is 0.308. The summed E-state index contributed by atoms with van der Waals surface area (Å²) in [6.07, 6.45) is -1.36. The van der Waals surface area contributed by atoms with E-state index in [0.29, 0.717) is 0 Å². The van der Waals surface area contributed by atoms with Gasteiger partial charge in [-0.1, -0.05) is 74.5 Å². The molecule has 0 amide bonds. The summed E-state index contributed by atoms with van der Waals surface area (Å²) < 4.78 is 0. The molecule has 2 nitrogen and oxygen atoms in total. The molecule has 2 N–H and O–H groups in total. The number of hydrogen-bond acceptors (Lipinski definition) is 2. The standard InChI is InChI=1S/C17H20O2/c1-13(16(18)19)17(2,14-9-5-3-6-10-14)15-11-7-4-8-12-15/h3-13,16,18-19H,1-2H3. The molecule has 0 spiro atoms. The molecule has 0 fully saturated rings. The van der Waals surface area contributed by atoms with Gasteiger partial charge in [-0.25, -0.2) is 0 Å². The lowest BCUT2D eigenvalue weighted by atomic mass is 9.67. The second kappa shape index (κ2) is 5.55. The normalized spacial score (nSPS) is 13.5. The van der Waals surface area contributed by atoms with Crippen molar-refractivity contribution in [3.05, 3.63) is 71.8 Å². The predicted molar refractivity (Wildman–Crippen MR) is 76.7 cm³/mol. The van der Waals surface area contributed by atoms with Crippen LogP contribution in [0.15, 0.2) is 60.7 Å². The van der Waals surface area contributed by atoms with Gasteiger partial charge in [0.05, 0.1) is 0 Å². The zero-order valence-corrected chi connectivity index (χ0v) is 11.3. The summed E-state index contributed by atoms with van der Waals surface area (Å²) in [5.74, 6) is -0.308. The van der Waals surface area contributed by atoms with E-state index in [1.807, 2.05) is 67.6 Å². The van der Waals surface area contributed by atoms with Gasteiger partial charge in [-0.3, -0.25) is 0 Å². The molecule has 1 atom stereocenters. The lowest BCUT2D eigenvalue weighted by Gasteiger charge is -2.38. The number of hydrogen-bond donors (Lipinski definition) is 2. The maximum Gasteiger partial charge on any atom is 0.155 e. The SMILES string of the molecule is CC(C(O)O)C(C)(c1ccccc1)c1ccccc1. The molecule has 2 rings (SSSR count). The highest BCUT2D eigenvalue weighted by Gasteiger charge is 2.38. The van der Waals surface area contributed by atoms with Gasteiger partial charge in [0.1, 0.15) is 0 Å². The largest absolute Gasteiger partial charge is 0.368 e. The Morgan fingerprint density at radius 2 is 1.16 bits per heavy atom. The minimum Gasteiger partial charge on any atom is -0.368 e. The molecular formula is C17H20O2. The topological polar surface area (TPSA) is 40.5 Å². The fourth-order valence-corrected chi connectivity index (χ4v) is 2.56. The summed E-state index contributed by atoms with van der Waals surface area (Å²) in [4.78, 5) is 0. The first kappa shape index (κ1) is 13.8. The average molecular weight is 256 g/mol. The van der Waals surface area contributed by atoms with Crippen molar-refractivity contribution in [1.82, 2.24) is 0 Å².